The number of hydrogen-bond acceptors (Lipinski definition) is 7. The zero-order valence-corrected chi connectivity index (χ0v) is 15.6. The molecule has 0 atom stereocenters. The van der Waals surface area contributed by atoms with Crippen LogP contribution in [-0.4, -0.2) is 29.3 Å². The van der Waals surface area contributed by atoms with E-state index < -0.39 is 21.0 Å². The number of hydrogen-bond donors (Lipinski definition) is 2. The highest BCUT2D eigenvalue weighted by Crippen LogP contribution is 2.31. The average molecular weight is 401 g/mol. The Bertz CT molecular complexity index is 1180. The molecule has 1 aromatic heterocycles. The molecule has 0 unspecified atom stereocenters. The third-order valence-corrected chi connectivity index (χ3v) is 5.14. The van der Waals surface area contributed by atoms with Crippen molar-refractivity contribution in [3.63, 3.8) is 0 Å². The number of benzene rings is 2. The predicted molar refractivity (Wildman–Crippen MR) is 101 cm³/mol. The normalized spacial score (nSPS) is 11.2. The number of aromatic nitrogens is 2. The fraction of sp³-hybridized carbons (Fsp3) is 0.118. The van der Waals surface area contributed by atoms with E-state index in [0.717, 1.165) is 0 Å². The second-order valence-electron chi connectivity index (χ2n) is 5.92. The summed E-state index contributed by atoms with van der Waals surface area (Å²) < 4.78 is 27.3. The molecule has 3 rings (SSSR count). The molecule has 0 aliphatic heterocycles. The number of nitrogens with zero attached hydrogens (tertiary/aromatic N) is 3. The summed E-state index contributed by atoms with van der Waals surface area (Å²) >= 11 is 0. The molecule has 0 saturated carbocycles. The number of fused-ring (bicyclic) bond motifs is 1. The molecule has 11 heteroatoms. The lowest BCUT2D eigenvalue weighted by Gasteiger charge is -2.11. The van der Waals surface area contributed by atoms with Gasteiger partial charge in [-0.2, -0.15) is 0 Å². The molecule has 3 aromatic rings. The standard InChI is InChI=1S/C17H15N5O5S/c1-10-9-11(2)19-16(18-10)20-17(23)21-28(26,27)14-8-4-6-12-5-3-7-13(15(12)14)22(24)25/h3-9H,1-2H3,(H2,18,19,20,21,23). The maximum Gasteiger partial charge on any atom is 0.335 e. The van der Waals surface area contributed by atoms with Gasteiger partial charge in [-0.3, -0.25) is 15.4 Å². The number of anilines is 1. The van der Waals surface area contributed by atoms with Crippen LogP contribution in [0.4, 0.5) is 16.4 Å². The summed E-state index contributed by atoms with van der Waals surface area (Å²) in [6.07, 6.45) is 0. The molecule has 28 heavy (non-hydrogen) atoms. The molecule has 0 fully saturated rings. The number of carbonyl (C=O) groups excluding carboxylic acids is 1. The Hall–Kier alpha value is -3.60. The van der Waals surface area contributed by atoms with Crippen LogP contribution >= 0.6 is 0 Å². The molecular formula is C17H15N5O5S. The van der Waals surface area contributed by atoms with E-state index in [2.05, 4.69) is 15.3 Å². The van der Waals surface area contributed by atoms with Gasteiger partial charge in [0.15, 0.2) is 0 Å². The first kappa shape index (κ1) is 19.2. The second kappa shape index (κ2) is 7.19. The molecule has 0 saturated heterocycles. The van der Waals surface area contributed by atoms with Crippen LogP contribution in [0, 0.1) is 24.0 Å². The topological polar surface area (TPSA) is 144 Å². The lowest BCUT2D eigenvalue weighted by atomic mass is 10.1. The minimum atomic E-state index is -4.40. The van der Waals surface area contributed by atoms with Gasteiger partial charge in [-0.25, -0.2) is 27.9 Å². The van der Waals surface area contributed by atoms with Crippen molar-refractivity contribution in [1.82, 2.24) is 14.7 Å². The van der Waals surface area contributed by atoms with Gasteiger partial charge in [0.1, 0.15) is 4.90 Å². The lowest BCUT2D eigenvalue weighted by molar-refractivity contribution is -0.383. The van der Waals surface area contributed by atoms with Gasteiger partial charge < -0.3 is 0 Å². The number of urea groups is 1. The molecule has 0 radical (unpaired) electrons. The third-order valence-electron chi connectivity index (χ3n) is 3.77. The van der Waals surface area contributed by atoms with Crippen molar-refractivity contribution in [2.24, 2.45) is 0 Å². The molecule has 0 aliphatic rings. The molecule has 2 aromatic carbocycles. The Morgan fingerprint density at radius 2 is 1.68 bits per heavy atom. The van der Waals surface area contributed by atoms with Crippen LogP contribution in [0.5, 0.6) is 0 Å². The molecular weight excluding hydrogens is 386 g/mol. The van der Waals surface area contributed by atoms with Gasteiger partial charge in [-0.05, 0) is 31.4 Å². The Balaban J connectivity index is 1.97. The molecule has 0 aliphatic carbocycles. The number of sulfonamides is 1. The number of non-ortho nitro benzene ring substituents is 1. The van der Waals surface area contributed by atoms with Crippen LogP contribution in [0.1, 0.15) is 11.4 Å². The zero-order valence-electron chi connectivity index (χ0n) is 14.8. The van der Waals surface area contributed by atoms with Gasteiger partial charge in [-0.1, -0.05) is 24.3 Å². The van der Waals surface area contributed by atoms with Crippen molar-refractivity contribution >= 4 is 38.5 Å². The van der Waals surface area contributed by atoms with Crippen LogP contribution in [0.3, 0.4) is 0 Å². The van der Waals surface area contributed by atoms with Crippen LogP contribution < -0.4 is 10.0 Å². The van der Waals surface area contributed by atoms with E-state index in [1.807, 2.05) is 4.72 Å². The van der Waals surface area contributed by atoms with E-state index in [4.69, 9.17) is 0 Å². The van der Waals surface area contributed by atoms with Gasteiger partial charge in [0.25, 0.3) is 15.7 Å². The number of nitrogens with one attached hydrogen (secondary N) is 2. The zero-order chi connectivity index (χ0) is 20.5. The fourth-order valence-corrected chi connectivity index (χ4v) is 3.90. The first-order valence-corrected chi connectivity index (χ1v) is 9.48. The summed E-state index contributed by atoms with van der Waals surface area (Å²) in [7, 11) is -4.40. The highest BCUT2D eigenvalue weighted by Gasteiger charge is 2.25. The number of rotatable bonds is 4. The monoisotopic (exact) mass is 401 g/mol. The number of aryl methyl sites for hydroxylation is 2. The predicted octanol–water partition coefficient (Wildman–Crippen LogP) is 2.67. The number of carbonyl (C=O) groups is 1. The van der Waals surface area contributed by atoms with Crippen molar-refractivity contribution < 1.29 is 18.1 Å². The first-order valence-electron chi connectivity index (χ1n) is 7.99. The Kier molecular flexibility index (Phi) is 4.92. The quantitative estimate of drug-likeness (QED) is 0.505. The lowest BCUT2D eigenvalue weighted by Crippen LogP contribution is -2.35. The molecule has 0 bridgehead atoms. The van der Waals surface area contributed by atoms with E-state index in [9.17, 15) is 23.3 Å². The van der Waals surface area contributed by atoms with Crippen molar-refractivity contribution in [2.75, 3.05) is 5.32 Å². The Labute approximate surface area is 159 Å². The van der Waals surface area contributed by atoms with Gasteiger partial charge >= 0.3 is 6.03 Å². The SMILES string of the molecule is Cc1cc(C)nc(NC(=O)NS(=O)(=O)c2cccc3cccc([N+](=O)[O-])c23)n1. The summed E-state index contributed by atoms with van der Waals surface area (Å²) in [4.78, 5) is 30.4. The smallest absolute Gasteiger partial charge is 0.275 e. The van der Waals surface area contributed by atoms with Crippen LogP contribution in [0.15, 0.2) is 47.4 Å². The Morgan fingerprint density at radius 1 is 1.07 bits per heavy atom. The second-order valence-corrected chi connectivity index (χ2v) is 7.57. The van der Waals surface area contributed by atoms with Gasteiger partial charge in [0.05, 0.1) is 10.3 Å². The minimum Gasteiger partial charge on any atom is -0.275 e. The summed E-state index contributed by atoms with van der Waals surface area (Å²) in [5.74, 6) is -0.0610. The van der Waals surface area contributed by atoms with Crippen LogP contribution in [-0.2, 0) is 10.0 Å². The molecule has 10 nitrogen and oxygen atoms in total. The largest absolute Gasteiger partial charge is 0.335 e. The molecule has 1 heterocycles. The van der Waals surface area contributed by atoms with Crippen molar-refractivity contribution in [3.05, 3.63) is 64.0 Å². The van der Waals surface area contributed by atoms with E-state index >= 15 is 0 Å². The molecule has 0 spiro atoms. The number of amides is 2. The van der Waals surface area contributed by atoms with Gasteiger partial charge in [-0.15, -0.1) is 0 Å². The molecule has 2 N–H and O–H groups in total. The highest BCUT2D eigenvalue weighted by atomic mass is 32.2. The highest BCUT2D eigenvalue weighted by molar-refractivity contribution is 7.90. The molecule has 144 valence electrons. The van der Waals surface area contributed by atoms with Gasteiger partial charge in [0.2, 0.25) is 5.95 Å². The first-order chi connectivity index (χ1) is 13.2. The van der Waals surface area contributed by atoms with Crippen molar-refractivity contribution in [3.8, 4) is 0 Å². The van der Waals surface area contributed by atoms with Crippen molar-refractivity contribution in [2.45, 2.75) is 18.7 Å². The van der Waals surface area contributed by atoms with Crippen molar-refractivity contribution in [1.29, 1.82) is 0 Å². The minimum absolute atomic E-state index is 0.0610. The maximum absolute atomic E-state index is 12.7. The van der Waals surface area contributed by atoms with E-state index in [-0.39, 0.29) is 21.9 Å². The average Bonchev–Trinajstić information content (AvgIpc) is 2.58. The molecule has 2 amide bonds. The number of nitro benzene ring substituents is 1. The van der Waals surface area contributed by atoms with E-state index in [1.54, 1.807) is 32.0 Å². The summed E-state index contributed by atoms with van der Waals surface area (Å²) in [5, 5.41) is 13.8. The van der Waals surface area contributed by atoms with Crippen LogP contribution in [0.2, 0.25) is 0 Å². The fourth-order valence-electron chi connectivity index (χ4n) is 2.75. The summed E-state index contributed by atoms with van der Waals surface area (Å²) in [6.45, 7) is 3.40. The van der Waals surface area contributed by atoms with Gasteiger partial charge in [0, 0.05) is 17.5 Å². The summed E-state index contributed by atoms with van der Waals surface area (Å²) in [5.41, 5.74) is 0.808. The van der Waals surface area contributed by atoms with Crippen LogP contribution in [0.25, 0.3) is 10.8 Å². The summed E-state index contributed by atoms with van der Waals surface area (Å²) in [6, 6.07) is 8.98. The maximum atomic E-state index is 12.7. The van der Waals surface area contributed by atoms with E-state index in [0.29, 0.717) is 16.8 Å². The van der Waals surface area contributed by atoms with E-state index in [1.165, 1.54) is 24.3 Å². The third kappa shape index (κ3) is 3.88. The Morgan fingerprint density at radius 3 is 2.29 bits per heavy atom. The number of nitro groups is 1.